The van der Waals surface area contributed by atoms with Gasteiger partial charge in [0.05, 0.1) is 17.8 Å². The molecule has 1 amide bonds. The molecule has 1 atom stereocenters. The van der Waals surface area contributed by atoms with Gasteiger partial charge in [-0.1, -0.05) is 18.2 Å². The second kappa shape index (κ2) is 10.0. The number of carboxylic acids is 1. The Labute approximate surface area is 151 Å². The van der Waals surface area contributed by atoms with Crippen molar-refractivity contribution in [2.45, 2.75) is 12.5 Å². The van der Waals surface area contributed by atoms with E-state index in [1.807, 2.05) is 30.3 Å². The molecule has 8 heteroatoms. The number of nitrogens with zero attached hydrogens (tertiary/aromatic N) is 2. The van der Waals surface area contributed by atoms with Crippen LogP contribution in [-0.4, -0.2) is 36.1 Å². The van der Waals surface area contributed by atoms with E-state index in [-0.39, 0.29) is 6.42 Å². The summed E-state index contributed by atoms with van der Waals surface area (Å²) in [4.78, 5) is 23.1. The molecule has 8 nitrogen and oxygen atoms in total. The summed E-state index contributed by atoms with van der Waals surface area (Å²) in [6, 6.07) is 15.1. The Bertz CT molecular complexity index is 747. The quantitative estimate of drug-likeness (QED) is 0.513. The lowest BCUT2D eigenvalue weighted by Crippen LogP contribution is -2.41. The molecule has 2 rings (SSSR count). The molecule has 5 N–H and O–H groups in total. The van der Waals surface area contributed by atoms with Gasteiger partial charge in [0.25, 0.3) is 0 Å². The predicted molar refractivity (Wildman–Crippen MR) is 98.8 cm³/mol. The Morgan fingerprint density at radius 3 is 2.19 bits per heavy atom. The maximum absolute atomic E-state index is 12.0. The third-order valence-electron chi connectivity index (χ3n) is 3.41. The number of azo groups is 1. The zero-order chi connectivity index (χ0) is 18.8. The van der Waals surface area contributed by atoms with Gasteiger partial charge in [-0.05, 0) is 36.4 Å². The molecule has 136 valence electrons. The van der Waals surface area contributed by atoms with Crippen molar-refractivity contribution in [1.82, 2.24) is 5.32 Å². The first-order valence-corrected chi connectivity index (χ1v) is 8.11. The molecule has 0 unspecified atom stereocenters. The summed E-state index contributed by atoms with van der Waals surface area (Å²) in [5, 5.41) is 22.7. The summed E-state index contributed by atoms with van der Waals surface area (Å²) in [5.74, 6) is -1.49. The number of aliphatic carboxylic acids is 1. The van der Waals surface area contributed by atoms with Crippen LogP contribution in [0.4, 0.5) is 17.1 Å². The molecular formula is C18H21N5O3. The van der Waals surface area contributed by atoms with E-state index >= 15 is 0 Å². The third kappa shape index (κ3) is 6.42. The smallest absolute Gasteiger partial charge is 0.321 e. The Morgan fingerprint density at radius 2 is 1.62 bits per heavy atom. The van der Waals surface area contributed by atoms with Gasteiger partial charge in [-0.2, -0.15) is 10.2 Å². The van der Waals surface area contributed by atoms with Crippen molar-refractivity contribution in [3.8, 4) is 0 Å². The first-order valence-electron chi connectivity index (χ1n) is 8.11. The standard InChI is InChI=1S/C18H21N5O3/c19-10-11-20-16(18(25)26)12-17(24)21-13-6-8-15(9-7-13)23-22-14-4-2-1-3-5-14/h1-9,16,20H,10-12,19H2,(H,21,24)(H,25,26)/t16-/m0/s1. The third-order valence-corrected chi connectivity index (χ3v) is 3.41. The number of hydrogen-bond donors (Lipinski definition) is 4. The number of hydrogen-bond acceptors (Lipinski definition) is 6. The minimum Gasteiger partial charge on any atom is -0.480 e. The fourth-order valence-corrected chi connectivity index (χ4v) is 2.12. The molecule has 0 saturated heterocycles. The second-order valence-corrected chi connectivity index (χ2v) is 5.47. The summed E-state index contributed by atoms with van der Waals surface area (Å²) < 4.78 is 0. The van der Waals surface area contributed by atoms with Crippen LogP contribution < -0.4 is 16.4 Å². The van der Waals surface area contributed by atoms with Gasteiger partial charge in [0, 0.05) is 18.8 Å². The van der Waals surface area contributed by atoms with Crippen molar-refractivity contribution < 1.29 is 14.7 Å². The summed E-state index contributed by atoms with van der Waals surface area (Å²) in [7, 11) is 0. The predicted octanol–water partition coefficient (Wildman–Crippen LogP) is 2.43. The number of benzene rings is 2. The van der Waals surface area contributed by atoms with Crippen LogP contribution in [0.1, 0.15) is 6.42 Å². The fraction of sp³-hybridized carbons (Fsp3) is 0.222. The van der Waals surface area contributed by atoms with Crippen LogP contribution in [-0.2, 0) is 9.59 Å². The first-order chi connectivity index (χ1) is 12.6. The van der Waals surface area contributed by atoms with Gasteiger partial charge < -0.3 is 21.5 Å². The molecular weight excluding hydrogens is 334 g/mol. The van der Waals surface area contributed by atoms with Crippen molar-refractivity contribution in [3.63, 3.8) is 0 Å². The molecule has 0 fully saturated rings. The number of carbonyl (C=O) groups is 2. The summed E-state index contributed by atoms with van der Waals surface area (Å²) in [6.45, 7) is 0.621. The van der Waals surface area contributed by atoms with E-state index < -0.39 is 17.9 Å². The molecule has 26 heavy (non-hydrogen) atoms. The van der Waals surface area contributed by atoms with Crippen LogP contribution in [0.3, 0.4) is 0 Å². The SMILES string of the molecule is NCCN[C@@H](CC(=O)Nc1ccc(N=Nc2ccccc2)cc1)C(=O)O. The highest BCUT2D eigenvalue weighted by Crippen LogP contribution is 2.20. The molecule has 0 aliphatic heterocycles. The largest absolute Gasteiger partial charge is 0.480 e. The van der Waals surface area contributed by atoms with Gasteiger partial charge >= 0.3 is 5.97 Å². The number of rotatable bonds is 9. The maximum atomic E-state index is 12.0. The summed E-state index contributed by atoms with van der Waals surface area (Å²) >= 11 is 0. The topological polar surface area (TPSA) is 129 Å². The minimum absolute atomic E-state index is 0.190. The van der Waals surface area contributed by atoms with Gasteiger partial charge in [0.15, 0.2) is 0 Å². The molecule has 0 saturated carbocycles. The van der Waals surface area contributed by atoms with E-state index in [9.17, 15) is 9.59 Å². The monoisotopic (exact) mass is 355 g/mol. The molecule has 2 aromatic carbocycles. The zero-order valence-electron chi connectivity index (χ0n) is 14.1. The molecule has 0 radical (unpaired) electrons. The highest BCUT2D eigenvalue weighted by molar-refractivity contribution is 5.94. The number of carbonyl (C=O) groups excluding carboxylic acids is 1. The van der Waals surface area contributed by atoms with Crippen molar-refractivity contribution in [2.75, 3.05) is 18.4 Å². The molecule has 2 aromatic rings. The summed E-state index contributed by atoms with van der Waals surface area (Å²) in [5.41, 5.74) is 7.27. The first kappa shape index (κ1) is 19.2. The minimum atomic E-state index is -1.09. The fourth-order valence-electron chi connectivity index (χ4n) is 2.12. The van der Waals surface area contributed by atoms with Crippen LogP contribution in [0.5, 0.6) is 0 Å². The number of amides is 1. The highest BCUT2D eigenvalue weighted by atomic mass is 16.4. The van der Waals surface area contributed by atoms with Gasteiger partial charge in [0.1, 0.15) is 6.04 Å². The molecule has 0 heterocycles. The lowest BCUT2D eigenvalue weighted by atomic mass is 10.2. The average molecular weight is 355 g/mol. The normalized spacial score (nSPS) is 12.0. The Morgan fingerprint density at radius 1 is 1.00 bits per heavy atom. The van der Waals surface area contributed by atoms with Crippen LogP contribution in [0.2, 0.25) is 0 Å². The van der Waals surface area contributed by atoms with E-state index in [1.165, 1.54) is 0 Å². The lowest BCUT2D eigenvalue weighted by Gasteiger charge is -2.13. The van der Waals surface area contributed by atoms with E-state index in [2.05, 4.69) is 20.9 Å². The second-order valence-electron chi connectivity index (χ2n) is 5.47. The number of carboxylic acid groups (broad SMARTS) is 1. The van der Waals surface area contributed by atoms with E-state index in [0.29, 0.717) is 24.5 Å². The molecule has 0 spiro atoms. The Hall–Kier alpha value is -3.10. The van der Waals surface area contributed by atoms with Crippen LogP contribution >= 0.6 is 0 Å². The number of nitrogens with one attached hydrogen (secondary N) is 2. The van der Waals surface area contributed by atoms with Crippen LogP contribution in [0.25, 0.3) is 0 Å². The van der Waals surface area contributed by atoms with E-state index in [1.54, 1.807) is 24.3 Å². The lowest BCUT2D eigenvalue weighted by molar-refractivity contribution is -0.141. The van der Waals surface area contributed by atoms with E-state index in [4.69, 9.17) is 10.8 Å². The van der Waals surface area contributed by atoms with Crippen LogP contribution in [0.15, 0.2) is 64.8 Å². The number of anilines is 1. The van der Waals surface area contributed by atoms with Crippen LogP contribution in [0, 0.1) is 0 Å². The van der Waals surface area contributed by atoms with Gasteiger partial charge in [-0.15, -0.1) is 0 Å². The van der Waals surface area contributed by atoms with Gasteiger partial charge in [0.2, 0.25) is 5.91 Å². The Balaban J connectivity index is 1.90. The zero-order valence-corrected chi connectivity index (χ0v) is 14.1. The van der Waals surface area contributed by atoms with Gasteiger partial charge in [-0.3, -0.25) is 9.59 Å². The summed E-state index contributed by atoms with van der Waals surface area (Å²) in [6.07, 6.45) is -0.190. The van der Waals surface area contributed by atoms with Crippen molar-refractivity contribution in [2.24, 2.45) is 16.0 Å². The molecule has 0 aliphatic rings. The van der Waals surface area contributed by atoms with Crippen molar-refractivity contribution in [1.29, 1.82) is 0 Å². The molecule has 0 aliphatic carbocycles. The van der Waals surface area contributed by atoms with Crippen molar-refractivity contribution >= 4 is 28.9 Å². The molecule has 0 bridgehead atoms. The van der Waals surface area contributed by atoms with E-state index in [0.717, 1.165) is 5.69 Å². The Kier molecular flexibility index (Phi) is 7.41. The average Bonchev–Trinajstić information content (AvgIpc) is 2.65. The highest BCUT2D eigenvalue weighted by Gasteiger charge is 2.20. The number of nitrogens with two attached hydrogens (primary N) is 1. The van der Waals surface area contributed by atoms with Crippen molar-refractivity contribution in [3.05, 3.63) is 54.6 Å². The molecule has 0 aromatic heterocycles. The maximum Gasteiger partial charge on any atom is 0.321 e. The van der Waals surface area contributed by atoms with Gasteiger partial charge in [-0.25, -0.2) is 0 Å².